The topological polar surface area (TPSA) is 58.6 Å². The zero-order valence-corrected chi connectivity index (χ0v) is 14.7. The van der Waals surface area contributed by atoms with E-state index in [9.17, 15) is 9.59 Å². The molecule has 1 heterocycles. The second kappa shape index (κ2) is 6.97. The molecular weight excluding hydrogens is 316 g/mol. The summed E-state index contributed by atoms with van der Waals surface area (Å²) in [6.07, 6.45) is 0.299. The van der Waals surface area contributed by atoms with Crippen LogP contribution >= 0.6 is 0 Å². The zero-order valence-electron chi connectivity index (χ0n) is 14.7. The van der Waals surface area contributed by atoms with E-state index in [1.54, 1.807) is 12.0 Å². The Bertz CT molecular complexity index is 816. The van der Waals surface area contributed by atoms with Gasteiger partial charge in [0.25, 0.3) is 5.91 Å². The Balaban J connectivity index is 1.69. The van der Waals surface area contributed by atoms with Crippen molar-refractivity contribution in [3.8, 4) is 5.75 Å². The highest BCUT2D eigenvalue weighted by Gasteiger charge is 2.31. The third-order valence-electron chi connectivity index (χ3n) is 4.59. The lowest BCUT2D eigenvalue weighted by Crippen LogP contribution is -2.37. The van der Waals surface area contributed by atoms with Crippen molar-refractivity contribution in [3.05, 3.63) is 59.2 Å². The molecule has 3 rings (SSSR count). The molecule has 0 aliphatic carbocycles. The van der Waals surface area contributed by atoms with Crippen LogP contribution in [0.15, 0.2) is 42.5 Å². The third-order valence-corrected chi connectivity index (χ3v) is 4.59. The molecule has 0 aromatic heterocycles. The molecule has 5 nitrogen and oxygen atoms in total. The van der Waals surface area contributed by atoms with Crippen LogP contribution in [-0.2, 0) is 4.79 Å². The van der Waals surface area contributed by atoms with Crippen molar-refractivity contribution in [2.45, 2.75) is 26.3 Å². The van der Waals surface area contributed by atoms with Crippen LogP contribution in [0.1, 0.15) is 27.9 Å². The van der Waals surface area contributed by atoms with Crippen LogP contribution in [0.5, 0.6) is 5.75 Å². The Labute approximate surface area is 147 Å². The number of ether oxygens (including phenoxy) is 1. The average Bonchev–Trinajstić information content (AvgIpc) is 2.97. The van der Waals surface area contributed by atoms with Gasteiger partial charge < -0.3 is 15.0 Å². The highest BCUT2D eigenvalue weighted by atomic mass is 16.5. The lowest BCUT2D eigenvalue weighted by molar-refractivity contribution is -0.117. The fraction of sp³-hybridized carbons (Fsp3) is 0.300. The molecule has 1 atom stereocenters. The lowest BCUT2D eigenvalue weighted by Gasteiger charge is -2.18. The van der Waals surface area contributed by atoms with Crippen LogP contribution < -0.4 is 15.0 Å². The Morgan fingerprint density at radius 1 is 1.16 bits per heavy atom. The normalized spacial score (nSPS) is 16.8. The summed E-state index contributed by atoms with van der Waals surface area (Å²) in [5, 5.41) is 2.97. The molecule has 1 saturated heterocycles. The van der Waals surface area contributed by atoms with Crippen LogP contribution in [0.25, 0.3) is 0 Å². The van der Waals surface area contributed by atoms with E-state index in [1.807, 2.05) is 56.3 Å². The first-order chi connectivity index (χ1) is 12.0. The first-order valence-corrected chi connectivity index (χ1v) is 8.30. The minimum absolute atomic E-state index is 0.00126. The van der Waals surface area contributed by atoms with E-state index in [-0.39, 0.29) is 17.9 Å². The number of nitrogens with zero attached hydrogens (tertiary/aromatic N) is 1. The number of rotatable bonds is 4. The minimum atomic E-state index is -0.201. The highest BCUT2D eigenvalue weighted by molar-refractivity contribution is 5.99. The number of anilines is 1. The largest absolute Gasteiger partial charge is 0.497 e. The Morgan fingerprint density at radius 3 is 2.68 bits per heavy atom. The fourth-order valence-electron chi connectivity index (χ4n) is 2.98. The van der Waals surface area contributed by atoms with E-state index in [4.69, 9.17) is 4.74 Å². The number of hydrogen-bond acceptors (Lipinski definition) is 3. The monoisotopic (exact) mass is 338 g/mol. The van der Waals surface area contributed by atoms with Crippen molar-refractivity contribution in [3.63, 3.8) is 0 Å². The van der Waals surface area contributed by atoms with Gasteiger partial charge in [-0.25, -0.2) is 0 Å². The molecular formula is C20H22N2O3. The summed E-state index contributed by atoms with van der Waals surface area (Å²) in [5.41, 5.74) is 3.63. The van der Waals surface area contributed by atoms with E-state index in [0.29, 0.717) is 24.3 Å². The first-order valence-electron chi connectivity index (χ1n) is 8.30. The molecule has 0 bridgehead atoms. The summed E-state index contributed by atoms with van der Waals surface area (Å²) in [5.74, 6) is 0.556. The van der Waals surface area contributed by atoms with Gasteiger partial charge in [0.05, 0.1) is 13.2 Å². The molecule has 1 aliphatic heterocycles. The molecule has 130 valence electrons. The molecule has 2 aromatic carbocycles. The maximum atomic E-state index is 12.5. The Kier molecular flexibility index (Phi) is 4.74. The summed E-state index contributed by atoms with van der Waals surface area (Å²) in [7, 11) is 1.59. The number of carbonyl (C=O) groups excluding carboxylic acids is 2. The molecule has 1 fully saturated rings. The van der Waals surface area contributed by atoms with Crippen molar-refractivity contribution in [1.82, 2.24) is 5.32 Å². The van der Waals surface area contributed by atoms with Crippen LogP contribution in [0.3, 0.4) is 0 Å². The third kappa shape index (κ3) is 3.65. The van der Waals surface area contributed by atoms with Crippen molar-refractivity contribution in [2.24, 2.45) is 0 Å². The summed E-state index contributed by atoms with van der Waals surface area (Å²) in [6, 6.07) is 12.8. The maximum absolute atomic E-state index is 12.5. The number of amides is 2. The minimum Gasteiger partial charge on any atom is -0.497 e. The smallest absolute Gasteiger partial charge is 0.251 e. The van der Waals surface area contributed by atoms with Crippen molar-refractivity contribution >= 4 is 17.5 Å². The van der Waals surface area contributed by atoms with Gasteiger partial charge in [0, 0.05) is 30.3 Å². The molecule has 1 aliphatic rings. The van der Waals surface area contributed by atoms with E-state index in [1.165, 1.54) is 0 Å². The van der Waals surface area contributed by atoms with Crippen molar-refractivity contribution in [1.29, 1.82) is 0 Å². The molecule has 2 amide bonds. The number of aryl methyl sites for hydroxylation is 2. The molecule has 25 heavy (non-hydrogen) atoms. The van der Waals surface area contributed by atoms with E-state index in [2.05, 4.69) is 5.32 Å². The van der Waals surface area contributed by atoms with Gasteiger partial charge in [-0.15, -0.1) is 0 Å². The summed E-state index contributed by atoms with van der Waals surface area (Å²) < 4.78 is 5.21. The van der Waals surface area contributed by atoms with Crippen LogP contribution in [0, 0.1) is 13.8 Å². The number of nitrogens with one attached hydrogen (secondary N) is 1. The standard InChI is InChI=1S/C20H22N2O3/c1-13-7-8-15(9-14(13)2)20(24)21-16-10-19(23)22(12-16)17-5-4-6-18(11-17)25-3/h4-9,11,16H,10,12H2,1-3H3,(H,21,24)/t16-/m0/s1. The van der Waals surface area contributed by atoms with Gasteiger partial charge in [-0.1, -0.05) is 12.1 Å². The zero-order chi connectivity index (χ0) is 18.0. The number of carbonyl (C=O) groups is 2. The van der Waals surface area contributed by atoms with Gasteiger partial charge in [-0.2, -0.15) is 0 Å². The van der Waals surface area contributed by atoms with Crippen LogP contribution in [-0.4, -0.2) is 31.5 Å². The van der Waals surface area contributed by atoms with Crippen molar-refractivity contribution < 1.29 is 14.3 Å². The number of methoxy groups -OCH3 is 1. The summed E-state index contributed by atoms with van der Waals surface area (Å²) >= 11 is 0. The Hall–Kier alpha value is -2.82. The highest BCUT2D eigenvalue weighted by Crippen LogP contribution is 2.25. The predicted octanol–water partition coefficient (Wildman–Crippen LogP) is 2.85. The molecule has 2 aromatic rings. The molecule has 0 saturated carbocycles. The Morgan fingerprint density at radius 2 is 1.96 bits per heavy atom. The van der Waals surface area contributed by atoms with Gasteiger partial charge >= 0.3 is 0 Å². The van der Waals surface area contributed by atoms with E-state index < -0.39 is 0 Å². The van der Waals surface area contributed by atoms with E-state index in [0.717, 1.165) is 16.8 Å². The van der Waals surface area contributed by atoms with Crippen molar-refractivity contribution in [2.75, 3.05) is 18.6 Å². The second-order valence-corrected chi connectivity index (χ2v) is 6.38. The molecule has 5 heteroatoms. The van der Waals surface area contributed by atoms with E-state index >= 15 is 0 Å². The summed E-state index contributed by atoms with van der Waals surface area (Å²) in [4.78, 5) is 26.5. The van der Waals surface area contributed by atoms with Gasteiger partial charge in [-0.05, 0) is 49.2 Å². The van der Waals surface area contributed by atoms with Gasteiger partial charge in [0.15, 0.2) is 0 Å². The molecule has 0 unspecified atom stereocenters. The maximum Gasteiger partial charge on any atom is 0.251 e. The molecule has 0 radical (unpaired) electrons. The van der Waals surface area contributed by atoms with Gasteiger partial charge in [0.1, 0.15) is 5.75 Å². The second-order valence-electron chi connectivity index (χ2n) is 6.38. The average molecular weight is 338 g/mol. The molecule has 1 N–H and O–H groups in total. The quantitative estimate of drug-likeness (QED) is 0.932. The predicted molar refractivity (Wildman–Crippen MR) is 97.1 cm³/mol. The van der Waals surface area contributed by atoms with Crippen LogP contribution in [0.4, 0.5) is 5.69 Å². The first kappa shape index (κ1) is 17.0. The molecule has 0 spiro atoms. The van der Waals surface area contributed by atoms with Crippen LogP contribution in [0.2, 0.25) is 0 Å². The lowest BCUT2D eigenvalue weighted by atomic mass is 10.1. The SMILES string of the molecule is COc1cccc(N2C[C@@H](NC(=O)c3ccc(C)c(C)c3)CC2=O)c1. The number of benzene rings is 2. The van der Waals surface area contributed by atoms with Gasteiger partial charge in [-0.3, -0.25) is 9.59 Å². The van der Waals surface area contributed by atoms with Gasteiger partial charge in [0.2, 0.25) is 5.91 Å². The summed E-state index contributed by atoms with van der Waals surface area (Å²) in [6.45, 7) is 4.46. The number of hydrogen-bond donors (Lipinski definition) is 1. The fourth-order valence-corrected chi connectivity index (χ4v) is 2.98.